The summed E-state index contributed by atoms with van der Waals surface area (Å²) in [5.41, 5.74) is 6.39. The van der Waals surface area contributed by atoms with E-state index in [0.29, 0.717) is 17.9 Å². The first-order valence-electron chi connectivity index (χ1n) is 11.5. The fraction of sp³-hybridized carbons (Fsp3) is 0.241. The molecule has 5 rings (SSSR count). The summed E-state index contributed by atoms with van der Waals surface area (Å²) < 4.78 is 2.06. The number of carbonyl (C=O) groups excluding carboxylic acids is 1. The molecule has 0 amide bonds. The summed E-state index contributed by atoms with van der Waals surface area (Å²) in [4.78, 5) is 17.9. The summed E-state index contributed by atoms with van der Waals surface area (Å²) >= 11 is 0. The highest BCUT2D eigenvalue weighted by Gasteiger charge is 2.20. The molecule has 0 aliphatic heterocycles. The van der Waals surface area contributed by atoms with E-state index in [0.717, 1.165) is 28.9 Å². The number of allylic oxidation sites excluding steroid dienone is 1. The summed E-state index contributed by atoms with van der Waals surface area (Å²) in [6.07, 6.45) is 9.23. The highest BCUT2D eigenvalue weighted by Crippen LogP contribution is 2.36. The zero-order valence-electron chi connectivity index (χ0n) is 18.5. The van der Waals surface area contributed by atoms with Crippen molar-refractivity contribution in [1.82, 2.24) is 9.55 Å². The third kappa shape index (κ3) is 4.16. The molecule has 0 bridgehead atoms. The van der Waals surface area contributed by atoms with Gasteiger partial charge in [-0.25, -0.2) is 4.98 Å². The van der Waals surface area contributed by atoms with Gasteiger partial charge in [-0.1, -0.05) is 84.8 Å². The molecule has 3 heteroatoms. The van der Waals surface area contributed by atoms with E-state index in [9.17, 15) is 4.79 Å². The molecular weight excluding hydrogens is 392 g/mol. The van der Waals surface area contributed by atoms with Crippen LogP contribution in [0, 0.1) is 6.92 Å². The Balaban J connectivity index is 1.36. The lowest BCUT2D eigenvalue weighted by molar-refractivity contribution is 0.102. The van der Waals surface area contributed by atoms with Crippen molar-refractivity contribution in [3.63, 3.8) is 0 Å². The highest BCUT2D eigenvalue weighted by atomic mass is 16.1. The molecule has 0 N–H and O–H groups in total. The molecule has 1 saturated carbocycles. The van der Waals surface area contributed by atoms with Crippen LogP contribution in [0.1, 0.15) is 64.5 Å². The second-order valence-corrected chi connectivity index (χ2v) is 8.76. The van der Waals surface area contributed by atoms with Crippen molar-refractivity contribution in [2.75, 3.05) is 0 Å². The van der Waals surface area contributed by atoms with Gasteiger partial charge in [0.25, 0.3) is 0 Å². The molecule has 1 aliphatic carbocycles. The molecule has 1 aromatic heterocycles. The Morgan fingerprint density at radius 3 is 2.62 bits per heavy atom. The van der Waals surface area contributed by atoms with Gasteiger partial charge in [0.05, 0.1) is 11.0 Å². The smallest absolute Gasteiger partial charge is 0.228 e. The molecular formula is C29H28N2O. The van der Waals surface area contributed by atoms with Crippen LogP contribution >= 0.6 is 0 Å². The average molecular weight is 421 g/mol. The second kappa shape index (κ2) is 8.96. The lowest BCUT2D eigenvalue weighted by Crippen LogP contribution is -2.11. The number of carbonyl (C=O) groups is 1. The van der Waals surface area contributed by atoms with Crippen LogP contribution < -0.4 is 0 Å². The molecule has 0 saturated heterocycles. The van der Waals surface area contributed by atoms with E-state index in [-0.39, 0.29) is 5.78 Å². The van der Waals surface area contributed by atoms with Crippen LogP contribution in [0.3, 0.4) is 0 Å². The van der Waals surface area contributed by atoms with E-state index in [1.54, 1.807) is 0 Å². The maximum Gasteiger partial charge on any atom is 0.228 e. The first kappa shape index (κ1) is 20.4. The third-order valence-corrected chi connectivity index (χ3v) is 6.49. The van der Waals surface area contributed by atoms with Crippen molar-refractivity contribution in [3.8, 4) is 0 Å². The number of benzene rings is 3. The summed E-state index contributed by atoms with van der Waals surface area (Å²) in [5, 5.41) is 0. The Hall–Kier alpha value is -3.46. The van der Waals surface area contributed by atoms with Crippen LogP contribution in [0.15, 0.2) is 78.9 Å². The van der Waals surface area contributed by atoms with Gasteiger partial charge in [0.2, 0.25) is 5.78 Å². The van der Waals surface area contributed by atoms with Crippen molar-refractivity contribution >= 4 is 22.9 Å². The van der Waals surface area contributed by atoms with Crippen molar-refractivity contribution in [2.24, 2.45) is 0 Å². The normalized spacial score (nSPS) is 14.2. The van der Waals surface area contributed by atoms with Crippen molar-refractivity contribution in [2.45, 2.75) is 45.1 Å². The minimum atomic E-state index is -0.0293. The topological polar surface area (TPSA) is 34.9 Å². The molecule has 160 valence electrons. The number of hydrogen-bond donors (Lipinski definition) is 0. The van der Waals surface area contributed by atoms with Gasteiger partial charge < -0.3 is 4.57 Å². The molecule has 0 atom stereocenters. The molecule has 32 heavy (non-hydrogen) atoms. The van der Waals surface area contributed by atoms with E-state index in [2.05, 4.69) is 46.0 Å². The van der Waals surface area contributed by atoms with Crippen molar-refractivity contribution < 1.29 is 4.79 Å². The van der Waals surface area contributed by atoms with Crippen LogP contribution in [0.25, 0.3) is 17.1 Å². The van der Waals surface area contributed by atoms with E-state index in [4.69, 9.17) is 0 Å². The van der Waals surface area contributed by atoms with E-state index < -0.39 is 0 Å². The first-order valence-corrected chi connectivity index (χ1v) is 11.5. The van der Waals surface area contributed by atoms with E-state index in [1.807, 2.05) is 55.5 Å². The van der Waals surface area contributed by atoms with Crippen LogP contribution in [0.2, 0.25) is 0 Å². The molecule has 1 fully saturated rings. The molecule has 0 radical (unpaired) electrons. The van der Waals surface area contributed by atoms with Crippen LogP contribution in [-0.4, -0.2) is 15.3 Å². The van der Waals surface area contributed by atoms with Crippen molar-refractivity contribution in [3.05, 3.63) is 107 Å². The standard InChI is InChI=1S/C29H28N2O/c1-21-15-17-24(18-16-21)28(32)29-30-26-13-2-3-14-27(26)31(29)19-5-4-8-22-9-6-12-25(20-22)23-10-7-11-23/h2-4,6,8-9,12-18,20,23H,5,7,10-11,19H2,1H3/b8-4+. The minimum absolute atomic E-state index is 0.0293. The van der Waals surface area contributed by atoms with Gasteiger partial charge in [-0.15, -0.1) is 0 Å². The number of rotatable bonds is 7. The van der Waals surface area contributed by atoms with Crippen LogP contribution in [-0.2, 0) is 6.54 Å². The third-order valence-electron chi connectivity index (χ3n) is 6.49. The molecule has 3 aromatic carbocycles. The predicted octanol–water partition coefficient (Wildman–Crippen LogP) is 6.95. The lowest BCUT2D eigenvalue weighted by Gasteiger charge is -2.25. The number of aryl methyl sites for hydroxylation is 2. The first-order chi connectivity index (χ1) is 15.7. The summed E-state index contributed by atoms with van der Waals surface area (Å²) in [7, 11) is 0. The number of imidazole rings is 1. The number of aromatic nitrogens is 2. The quantitative estimate of drug-likeness (QED) is 0.303. The number of para-hydroxylation sites is 2. The van der Waals surface area contributed by atoms with Crippen LogP contribution in [0.4, 0.5) is 0 Å². The molecule has 1 aliphatic rings. The Morgan fingerprint density at radius 2 is 1.84 bits per heavy atom. The summed E-state index contributed by atoms with van der Waals surface area (Å²) in [6.45, 7) is 2.74. The van der Waals surface area contributed by atoms with Gasteiger partial charge in [0, 0.05) is 12.1 Å². The molecule has 0 spiro atoms. The monoisotopic (exact) mass is 420 g/mol. The molecule has 0 unspecified atom stereocenters. The maximum atomic E-state index is 13.2. The van der Waals surface area contributed by atoms with E-state index in [1.165, 1.54) is 30.4 Å². The van der Waals surface area contributed by atoms with Crippen LogP contribution in [0.5, 0.6) is 0 Å². The number of fused-ring (bicyclic) bond motifs is 1. The number of ketones is 1. The zero-order valence-corrected chi connectivity index (χ0v) is 18.5. The number of nitrogens with zero attached hydrogens (tertiary/aromatic N) is 2. The Kier molecular flexibility index (Phi) is 5.72. The van der Waals surface area contributed by atoms with Gasteiger partial charge in [-0.3, -0.25) is 4.79 Å². The maximum absolute atomic E-state index is 13.2. The molecule has 1 heterocycles. The second-order valence-electron chi connectivity index (χ2n) is 8.76. The van der Waals surface area contributed by atoms with Gasteiger partial charge in [0.1, 0.15) is 0 Å². The summed E-state index contributed by atoms with van der Waals surface area (Å²) in [6, 6.07) is 24.6. The van der Waals surface area contributed by atoms with Gasteiger partial charge >= 0.3 is 0 Å². The van der Waals surface area contributed by atoms with E-state index >= 15 is 0 Å². The highest BCUT2D eigenvalue weighted by molar-refractivity contribution is 6.08. The Morgan fingerprint density at radius 1 is 1.03 bits per heavy atom. The Bertz CT molecular complexity index is 1280. The van der Waals surface area contributed by atoms with Gasteiger partial charge in [-0.05, 0) is 55.4 Å². The molecule has 4 aromatic rings. The van der Waals surface area contributed by atoms with Gasteiger partial charge in [0.15, 0.2) is 5.82 Å². The Labute approximate surface area is 189 Å². The largest absolute Gasteiger partial charge is 0.321 e. The van der Waals surface area contributed by atoms with Gasteiger partial charge in [-0.2, -0.15) is 0 Å². The van der Waals surface area contributed by atoms with Crippen molar-refractivity contribution in [1.29, 1.82) is 0 Å². The zero-order chi connectivity index (χ0) is 21.9. The minimum Gasteiger partial charge on any atom is -0.321 e. The fourth-order valence-electron chi connectivity index (χ4n) is 4.39. The summed E-state index contributed by atoms with van der Waals surface area (Å²) in [5.74, 6) is 1.23. The lowest BCUT2D eigenvalue weighted by atomic mass is 9.80. The molecule has 3 nitrogen and oxygen atoms in total. The predicted molar refractivity (Wildman–Crippen MR) is 131 cm³/mol. The fourth-order valence-corrected chi connectivity index (χ4v) is 4.39. The SMILES string of the molecule is Cc1ccc(C(=O)c2nc3ccccc3n2CC/C=C/c2cccc(C3CCC3)c2)cc1. The average Bonchev–Trinajstić information content (AvgIpc) is 3.14. The number of hydrogen-bond acceptors (Lipinski definition) is 2.